The van der Waals surface area contributed by atoms with Gasteiger partial charge in [0.2, 0.25) is 5.91 Å². The van der Waals surface area contributed by atoms with Gasteiger partial charge in [-0.05, 0) is 18.2 Å². The molecule has 4 nitrogen and oxygen atoms in total. The summed E-state index contributed by atoms with van der Waals surface area (Å²) < 4.78 is 0.903. The number of rotatable bonds is 2. The zero-order valence-electron chi connectivity index (χ0n) is 10.7. The monoisotopic (exact) mass is 234 g/mol. The van der Waals surface area contributed by atoms with Crippen molar-refractivity contribution in [3.05, 3.63) is 35.0 Å². The summed E-state index contributed by atoms with van der Waals surface area (Å²) in [4.78, 5) is 10.9. The maximum Gasteiger partial charge on any atom is 0.221 e. The molecule has 1 rings (SSSR count). The Morgan fingerprint density at radius 1 is 1.41 bits per heavy atom. The molecule has 0 radical (unpaired) electrons. The van der Waals surface area contributed by atoms with Crippen molar-refractivity contribution in [2.75, 3.05) is 5.32 Å². The minimum absolute atomic E-state index is 0.128. The second kappa shape index (κ2) is 4.99. The predicted molar refractivity (Wildman–Crippen MR) is 69.3 cm³/mol. The third-order valence-corrected chi connectivity index (χ3v) is 2.13. The predicted octanol–water partition coefficient (Wildman–Crippen LogP) is 2.37. The highest BCUT2D eigenvalue weighted by atomic mass is 16.5. The molecule has 1 N–H and O–H groups in total. The van der Waals surface area contributed by atoms with Gasteiger partial charge in [0.25, 0.3) is 0 Å². The first-order valence-electron chi connectivity index (χ1n) is 5.48. The smallest absolute Gasteiger partial charge is 0.221 e. The number of nitrogens with zero attached hydrogens (tertiary/aromatic N) is 1. The molecule has 1 aromatic rings. The molecule has 0 heterocycles. The molecular weight excluding hydrogens is 216 g/mol. The Bertz CT molecular complexity index is 445. The Morgan fingerprint density at radius 2 is 2.06 bits per heavy atom. The lowest BCUT2D eigenvalue weighted by molar-refractivity contribution is -0.530. The number of nitrogens with one attached hydrogen (secondary N) is 1. The van der Waals surface area contributed by atoms with Gasteiger partial charge in [0, 0.05) is 38.9 Å². The molecule has 0 aromatic heterocycles. The van der Waals surface area contributed by atoms with Crippen LogP contribution in [0.5, 0.6) is 0 Å². The van der Waals surface area contributed by atoms with Gasteiger partial charge in [0.05, 0.1) is 0 Å². The lowest BCUT2D eigenvalue weighted by Crippen LogP contribution is -2.29. The van der Waals surface area contributed by atoms with Crippen LogP contribution in [0.25, 0.3) is 0 Å². The Hall–Kier alpha value is -1.84. The fourth-order valence-electron chi connectivity index (χ4n) is 1.23. The molecule has 17 heavy (non-hydrogen) atoms. The Balaban J connectivity index is 2.97. The van der Waals surface area contributed by atoms with Gasteiger partial charge in [0.15, 0.2) is 11.8 Å². The summed E-state index contributed by atoms with van der Waals surface area (Å²) >= 11 is 0. The van der Waals surface area contributed by atoms with Crippen molar-refractivity contribution in [1.29, 1.82) is 0 Å². The molecule has 4 heteroatoms. The van der Waals surface area contributed by atoms with E-state index in [1.165, 1.54) is 13.1 Å². The number of anilines is 1. The normalized spacial score (nSPS) is 12.4. The van der Waals surface area contributed by atoms with E-state index in [0.717, 1.165) is 10.3 Å². The summed E-state index contributed by atoms with van der Waals surface area (Å²) in [6.07, 6.45) is 1.52. The number of hydroxylamine groups is 1. The molecule has 0 unspecified atom stereocenters. The van der Waals surface area contributed by atoms with Crippen molar-refractivity contribution in [2.45, 2.75) is 33.2 Å². The topological polar surface area (TPSA) is 55.2 Å². The number of hydrogen-bond acceptors (Lipinski definition) is 2. The van der Waals surface area contributed by atoms with Crippen LogP contribution in [0.4, 0.5) is 5.69 Å². The van der Waals surface area contributed by atoms with Gasteiger partial charge in [-0.15, -0.1) is 0 Å². The second-order valence-electron chi connectivity index (χ2n) is 4.93. The first-order valence-corrected chi connectivity index (χ1v) is 5.48. The average Bonchev–Trinajstić information content (AvgIpc) is 2.15. The first-order chi connectivity index (χ1) is 7.79. The largest absolute Gasteiger partial charge is 0.623 e. The van der Waals surface area contributed by atoms with Crippen molar-refractivity contribution in [1.82, 2.24) is 0 Å². The molecule has 0 atom stereocenters. The van der Waals surface area contributed by atoms with Crippen LogP contribution in [-0.4, -0.2) is 22.4 Å². The zero-order valence-corrected chi connectivity index (χ0v) is 10.7. The summed E-state index contributed by atoms with van der Waals surface area (Å²) in [6, 6.07) is 7.17. The minimum atomic E-state index is -0.468. The third kappa shape index (κ3) is 4.26. The van der Waals surface area contributed by atoms with Crippen LogP contribution in [0.15, 0.2) is 24.3 Å². The lowest BCUT2D eigenvalue weighted by atomic mass is 10.1. The molecular formula is C13H18N2O2. The van der Waals surface area contributed by atoms with E-state index < -0.39 is 5.54 Å². The average molecular weight is 234 g/mol. The van der Waals surface area contributed by atoms with Gasteiger partial charge in [-0.25, -0.2) is 4.74 Å². The molecule has 0 aliphatic carbocycles. The first kappa shape index (κ1) is 13.2. The van der Waals surface area contributed by atoms with E-state index in [1.807, 2.05) is 26.8 Å². The van der Waals surface area contributed by atoms with Crippen LogP contribution < -0.4 is 5.32 Å². The van der Waals surface area contributed by atoms with Gasteiger partial charge in [-0.2, -0.15) is 0 Å². The van der Waals surface area contributed by atoms with Gasteiger partial charge in [-0.1, -0.05) is 6.07 Å². The Labute approximate surface area is 102 Å². The molecule has 0 spiro atoms. The van der Waals surface area contributed by atoms with Crippen molar-refractivity contribution < 1.29 is 9.53 Å². The quantitative estimate of drug-likeness (QED) is 0.369. The maximum atomic E-state index is 11.7. The standard InChI is InChI=1S/C13H18N2O2/c1-10(16)14-12-7-5-6-11(8-12)9-15(17)13(2,3)4/h5-9H,1-4H3,(H,14,16). The Kier molecular flexibility index (Phi) is 3.89. The molecule has 0 aliphatic heterocycles. The fraction of sp³-hybridized carbons (Fsp3) is 0.385. The lowest BCUT2D eigenvalue weighted by Gasteiger charge is -2.18. The molecule has 0 bridgehead atoms. The number of amides is 1. The number of hydrogen-bond donors (Lipinski definition) is 1. The summed E-state index contributed by atoms with van der Waals surface area (Å²) in [5, 5.41) is 14.4. The summed E-state index contributed by atoms with van der Waals surface area (Å²) in [6.45, 7) is 6.97. The Morgan fingerprint density at radius 3 is 2.59 bits per heavy atom. The van der Waals surface area contributed by atoms with E-state index >= 15 is 0 Å². The molecule has 0 saturated carbocycles. The van der Waals surface area contributed by atoms with Crippen molar-refractivity contribution >= 4 is 17.8 Å². The highest BCUT2D eigenvalue weighted by Gasteiger charge is 2.17. The molecule has 92 valence electrons. The van der Waals surface area contributed by atoms with E-state index in [-0.39, 0.29) is 5.91 Å². The molecule has 1 aromatic carbocycles. The number of carbonyl (C=O) groups excluding carboxylic acids is 1. The SMILES string of the molecule is CC(=O)Nc1cccc(C=[N+]([O-])C(C)(C)C)c1. The maximum absolute atomic E-state index is 11.7. The summed E-state index contributed by atoms with van der Waals surface area (Å²) in [7, 11) is 0. The van der Waals surface area contributed by atoms with E-state index in [4.69, 9.17) is 0 Å². The second-order valence-corrected chi connectivity index (χ2v) is 4.93. The minimum Gasteiger partial charge on any atom is -0.623 e. The molecule has 0 fully saturated rings. The van der Waals surface area contributed by atoms with E-state index in [2.05, 4.69) is 5.32 Å². The highest BCUT2D eigenvalue weighted by Crippen LogP contribution is 2.11. The van der Waals surface area contributed by atoms with Gasteiger partial charge in [0.1, 0.15) is 0 Å². The van der Waals surface area contributed by atoms with Gasteiger partial charge < -0.3 is 10.5 Å². The van der Waals surface area contributed by atoms with Crippen molar-refractivity contribution in [3.8, 4) is 0 Å². The van der Waals surface area contributed by atoms with Crippen LogP contribution >= 0.6 is 0 Å². The molecule has 0 saturated heterocycles. The molecule has 0 aliphatic rings. The number of carbonyl (C=O) groups is 1. The fourth-order valence-corrected chi connectivity index (χ4v) is 1.23. The van der Waals surface area contributed by atoms with Crippen LogP contribution in [0, 0.1) is 5.21 Å². The van der Waals surface area contributed by atoms with Crippen LogP contribution in [0.3, 0.4) is 0 Å². The van der Waals surface area contributed by atoms with Crippen molar-refractivity contribution in [2.24, 2.45) is 0 Å². The van der Waals surface area contributed by atoms with E-state index in [9.17, 15) is 10.0 Å². The number of benzene rings is 1. The van der Waals surface area contributed by atoms with Gasteiger partial charge >= 0.3 is 0 Å². The van der Waals surface area contributed by atoms with Crippen LogP contribution in [0.2, 0.25) is 0 Å². The van der Waals surface area contributed by atoms with E-state index in [1.54, 1.807) is 18.2 Å². The zero-order chi connectivity index (χ0) is 13.1. The summed E-state index contributed by atoms with van der Waals surface area (Å²) in [5.41, 5.74) is 0.985. The van der Waals surface area contributed by atoms with Crippen LogP contribution in [-0.2, 0) is 4.79 Å². The van der Waals surface area contributed by atoms with Gasteiger partial charge in [-0.3, -0.25) is 4.79 Å². The highest BCUT2D eigenvalue weighted by molar-refractivity contribution is 5.90. The third-order valence-electron chi connectivity index (χ3n) is 2.13. The molecule has 1 amide bonds. The van der Waals surface area contributed by atoms with Crippen LogP contribution in [0.1, 0.15) is 33.3 Å². The van der Waals surface area contributed by atoms with E-state index in [0.29, 0.717) is 5.69 Å². The summed E-state index contributed by atoms with van der Waals surface area (Å²) in [5.74, 6) is -0.128. The van der Waals surface area contributed by atoms with Crippen molar-refractivity contribution in [3.63, 3.8) is 0 Å².